The Morgan fingerprint density at radius 3 is 2.45 bits per heavy atom. The SMILES string of the molecule is CCOC(=O)c1c(NC(=O)COC(=O)c2ccc(OC)cc2F)sc(C)c1CC. The molecule has 1 amide bonds. The lowest BCUT2D eigenvalue weighted by Gasteiger charge is -2.09. The van der Waals surface area contributed by atoms with Gasteiger partial charge in [0.2, 0.25) is 0 Å². The van der Waals surface area contributed by atoms with E-state index in [-0.39, 0.29) is 17.9 Å². The van der Waals surface area contributed by atoms with Crippen LogP contribution in [0.25, 0.3) is 0 Å². The first-order valence-corrected chi connectivity index (χ1v) is 9.73. The monoisotopic (exact) mass is 423 g/mol. The minimum Gasteiger partial charge on any atom is -0.497 e. The van der Waals surface area contributed by atoms with Crippen molar-refractivity contribution in [3.63, 3.8) is 0 Å². The van der Waals surface area contributed by atoms with E-state index in [4.69, 9.17) is 14.2 Å². The molecule has 29 heavy (non-hydrogen) atoms. The molecule has 0 saturated carbocycles. The second kappa shape index (κ2) is 10.0. The van der Waals surface area contributed by atoms with Gasteiger partial charge in [-0.3, -0.25) is 4.79 Å². The maximum Gasteiger partial charge on any atom is 0.341 e. The van der Waals surface area contributed by atoms with Crippen LogP contribution < -0.4 is 10.1 Å². The normalized spacial score (nSPS) is 10.4. The molecule has 2 rings (SSSR count). The molecule has 1 N–H and O–H groups in total. The van der Waals surface area contributed by atoms with E-state index in [2.05, 4.69) is 5.32 Å². The molecule has 1 aromatic carbocycles. The largest absolute Gasteiger partial charge is 0.497 e. The zero-order valence-corrected chi connectivity index (χ0v) is 17.4. The third-order valence-electron chi connectivity index (χ3n) is 4.03. The number of anilines is 1. The predicted octanol–water partition coefficient (Wildman–Crippen LogP) is 3.74. The fourth-order valence-electron chi connectivity index (χ4n) is 2.67. The fourth-order valence-corrected chi connectivity index (χ4v) is 3.82. The summed E-state index contributed by atoms with van der Waals surface area (Å²) in [6.45, 7) is 5.00. The molecular weight excluding hydrogens is 401 g/mol. The van der Waals surface area contributed by atoms with Gasteiger partial charge in [-0.05, 0) is 38.0 Å². The molecule has 7 nitrogen and oxygen atoms in total. The van der Waals surface area contributed by atoms with Gasteiger partial charge in [0.1, 0.15) is 16.6 Å². The third kappa shape index (κ3) is 5.32. The van der Waals surface area contributed by atoms with Crippen molar-refractivity contribution in [3.8, 4) is 5.75 Å². The minimum absolute atomic E-state index is 0.204. The molecule has 1 aromatic heterocycles. The summed E-state index contributed by atoms with van der Waals surface area (Å²) in [4.78, 5) is 37.4. The van der Waals surface area contributed by atoms with Gasteiger partial charge in [0.15, 0.2) is 6.61 Å². The number of carbonyl (C=O) groups is 3. The van der Waals surface area contributed by atoms with Crippen LogP contribution in [0.15, 0.2) is 18.2 Å². The highest BCUT2D eigenvalue weighted by Gasteiger charge is 2.24. The average molecular weight is 423 g/mol. The van der Waals surface area contributed by atoms with Gasteiger partial charge in [0, 0.05) is 10.9 Å². The molecule has 9 heteroatoms. The quantitative estimate of drug-likeness (QED) is 0.651. The smallest absolute Gasteiger partial charge is 0.341 e. The van der Waals surface area contributed by atoms with Gasteiger partial charge in [-0.15, -0.1) is 11.3 Å². The zero-order valence-electron chi connectivity index (χ0n) is 16.6. The standard InChI is InChI=1S/C20H22FNO6S/c1-5-13-11(3)29-18(17(13)20(25)27-6-2)22-16(23)10-28-19(24)14-8-7-12(26-4)9-15(14)21/h7-9H,5-6,10H2,1-4H3,(H,22,23). The number of benzene rings is 1. The maximum atomic E-state index is 13.9. The van der Waals surface area contributed by atoms with Crippen LogP contribution in [-0.2, 0) is 20.7 Å². The van der Waals surface area contributed by atoms with Crippen LogP contribution in [0.1, 0.15) is 45.0 Å². The highest BCUT2D eigenvalue weighted by atomic mass is 32.1. The Kier molecular flexibility index (Phi) is 7.72. The molecule has 0 aliphatic heterocycles. The van der Waals surface area contributed by atoms with Gasteiger partial charge in [0.05, 0.1) is 24.8 Å². The van der Waals surface area contributed by atoms with Crippen LogP contribution in [0.3, 0.4) is 0 Å². The summed E-state index contributed by atoms with van der Waals surface area (Å²) in [5, 5.41) is 2.90. The van der Waals surface area contributed by atoms with E-state index in [0.29, 0.717) is 17.0 Å². The zero-order chi connectivity index (χ0) is 21.6. The Morgan fingerprint density at radius 1 is 1.14 bits per heavy atom. The highest BCUT2D eigenvalue weighted by molar-refractivity contribution is 7.16. The van der Waals surface area contributed by atoms with Crippen LogP contribution in [0.2, 0.25) is 0 Å². The molecular formula is C20H22FNO6S. The number of esters is 2. The number of nitrogens with one attached hydrogen (secondary N) is 1. The number of hydrogen-bond acceptors (Lipinski definition) is 7. The van der Waals surface area contributed by atoms with Gasteiger partial charge in [-0.1, -0.05) is 6.92 Å². The molecule has 0 bridgehead atoms. The second-order valence-electron chi connectivity index (χ2n) is 5.89. The third-order valence-corrected chi connectivity index (χ3v) is 5.09. The summed E-state index contributed by atoms with van der Waals surface area (Å²) in [6, 6.07) is 3.67. The van der Waals surface area contributed by atoms with Gasteiger partial charge in [0.25, 0.3) is 5.91 Å². The lowest BCUT2D eigenvalue weighted by Crippen LogP contribution is -2.22. The number of halogens is 1. The predicted molar refractivity (Wildman–Crippen MR) is 106 cm³/mol. The molecule has 156 valence electrons. The van der Waals surface area contributed by atoms with Crippen molar-refractivity contribution < 1.29 is 33.0 Å². The lowest BCUT2D eigenvalue weighted by atomic mass is 10.1. The van der Waals surface area contributed by atoms with Crippen molar-refractivity contribution >= 4 is 34.2 Å². The van der Waals surface area contributed by atoms with Crippen molar-refractivity contribution in [2.24, 2.45) is 0 Å². The number of carbonyl (C=O) groups excluding carboxylic acids is 3. The van der Waals surface area contributed by atoms with Crippen molar-refractivity contribution in [2.45, 2.75) is 27.2 Å². The summed E-state index contributed by atoms with van der Waals surface area (Å²) in [5.41, 5.74) is 0.782. The molecule has 0 aliphatic rings. The van der Waals surface area contributed by atoms with Crippen LogP contribution >= 0.6 is 11.3 Å². The number of rotatable bonds is 8. The van der Waals surface area contributed by atoms with E-state index in [0.717, 1.165) is 16.5 Å². The fraction of sp³-hybridized carbons (Fsp3) is 0.350. The summed E-state index contributed by atoms with van der Waals surface area (Å²) in [5.74, 6) is -2.73. The number of ether oxygens (including phenoxy) is 3. The van der Waals surface area contributed by atoms with E-state index in [1.165, 1.54) is 30.6 Å². The molecule has 0 fully saturated rings. The second-order valence-corrected chi connectivity index (χ2v) is 7.11. The summed E-state index contributed by atoms with van der Waals surface area (Å²) in [7, 11) is 1.37. The van der Waals surface area contributed by atoms with Crippen LogP contribution in [0.5, 0.6) is 5.75 Å². The first kappa shape index (κ1) is 22.4. The number of methoxy groups -OCH3 is 1. The van der Waals surface area contributed by atoms with Crippen LogP contribution in [0.4, 0.5) is 9.39 Å². The Morgan fingerprint density at radius 2 is 1.86 bits per heavy atom. The number of hydrogen-bond donors (Lipinski definition) is 1. The Balaban J connectivity index is 2.08. The van der Waals surface area contributed by atoms with Gasteiger partial charge in [-0.25, -0.2) is 14.0 Å². The van der Waals surface area contributed by atoms with E-state index in [1.54, 1.807) is 6.92 Å². The topological polar surface area (TPSA) is 90.9 Å². The maximum absolute atomic E-state index is 13.9. The van der Waals surface area contributed by atoms with Gasteiger partial charge < -0.3 is 19.5 Å². The molecule has 0 unspecified atom stereocenters. The molecule has 2 aromatic rings. The minimum atomic E-state index is -0.984. The molecule has 1 heterocycles. The summed E-state index contributed by atoms with van der Waals surface area (Å²) in [6.07, 6.45) is 0.595. The van der Waals surface area contributed by atoms with Crippen molar-refractivity contribution in [3.05, 3.63) is 45.6 Å². The average Bonchev–Trinajstić information content (AvgIpc) is 3.00. The molecule has 0 spiro atoms. The Labute approximate surface area is 171 Å². The first-order chi connectivity index (χ1) is 13.8. The van der Waals surface area contributed by atoms with Gasteiger partial charge >= 0.3 is 11.9 Å². The van der Waals surface area contributed by atoms with E-state index in [9.17, 15) is 18.8 Å². The molecule has 0 aliphatic carbocycles. The number of amides is 1. The molecule has 0 radical (unpaired) electrons. The Bertz CT molecular complexity index is 924. The lowest BCUT2D eigenvalue weighted by molar-refractivity contribution is -0.119. The Hall–Kier alpha value is -2.94. The number of thiophene rings is 1. The van der Waals surface area contributed by atoms with Crippen molar-refractivity contribution in [2.75, 3.05) is 25.6 Å². The van der Waals surface area contributed by atoms with Crippen LogP contribution in [0, 0.1) is 12.7 Å². The molecule has 0 atom stereocenters. The van der Waals surface area contributed by atoms with Crippen LogP contribution in [-0.4, -0.2) is 38.2 Å². The van der Waals surface area contributed by atoms with Crippen molar-refractivity contribution in [1.82, 2.24) is 0 Å². The number of aryl methyl sites for hydroxylation is 1. The van der Waals surface area contributed by atoms with Gasteiger partial charge in [-0.2, -0.15) is 0 Å². The van der Waals surface area contributed by atoms with E-state index >= 15 is 0 Å². The van der Waals surface area contributed by atoms with E-state index in [1.807, 2.05) is 13.8 Å². The molecule has 0 saturated heterocycles. The van der Waals surface area contributed by atoms with E-state index < -0.39 is 30.3 Å². The summed E-state index contributed by atoms with van der Waals surface area (Å²) >= 11 is 1.24. The first-order valence-electron chi connectivity index (χ1n) is 8.92. The summed E-state index contributed by atoms with van der Waals surface area (Å²) < 4.78 is 28.8. The van der Waals surface area contributed by atoms with Crippen molar-refractivity contribution in [1.29, 1.82) is 0 Å². The highest BCUT2D eigenvalue weighted by Crippen LogP contribution is 2.34.